The summed E-state index contributed by atoms with van der Waals surface area (Å²) in [6.07, 6.45) is -1.45. The minimum atomic E-state index is -0.602. The number of nitrogens with zero attached hydrogens (tertiary/aromatic N) is 1. The van der Waals surface area contributed by atoms with Gasteiger partial charge < -0.3 is 25.1 Å². The lowest BCUT2D eigenvalue weighted by molar-refractivity contribution is 0.00863. The Balaban J connectivity index is 1.40. The van der Waals surface area contributed by atoms with Crippen molar-refractivity contribution < 1.29 is 24.1 Å². The SMILES string of the molecule is NC(=O)c1cc(-c2ccc(O[C@H]3CO[C@H]4[C@@H]3OC[C@H]4O)cc2)nc2ccccc12. The number of pyridine rings is 1. The first kappa shape index (κ1) is 18.1. The number of carbonyl (C=O) groups excluding carboxylic acids is 1. The molecule has 5 rings (SSSR count). The average Bonchev–Trinajstić information content (AvgIpc) is 3.31. The Kier molecular flexibility index (Phi) is 4.43. The molecule has 0 saturated carbocycles. The molecule has 29 heavy (non-hydrogen) atoms. The molecule has 4 atom stereocenters. The van der Waals surface area contributed by atoms with Gasteiger partial charge in [-0.25, -0.2) is 4.98 Å². The van der Waals surface area contributed by atoms with Gasteiger partial charge in [-0.05, 0) is 36.4 Å². The number of primary amides is 1. The number of para-hydroxylation sites is 1. The fraction of sp³-hybridized carbons (Fsp3) is 0.273. The predicted octanol–water partition coefficient (Wildman–Crippen LogP) is 1.91. The van der Waals surface area contributed by atoms with Gasteiger partial charge in [-0.3, -0.25) is 4.79 Å². The number of ether oxygens (including phenoxy) is 3. The molecule has 3 heterocycles. The van der Waals surface area contributed by atoms with Crippen molar-refractivity contribution in [2.24, 2.45) is 5.73 Å². The van der Waals surface area contributed by atoms with Gasteiger partial charge in [0.2, 0.25) is 5.91 Å². The van der Waals surface area contributed by atoms with E-state index >= 15 is 0 Å². The summed E-state index contributed by atoms with van der Waals surface area (Å²) in [5, 5.41) is 10.6. The van der Waals surface area contributed by atoms with Gasteiger partial charge in [0, 0.05) is 10.9 Å². The van der Waals surface area contributed by atoms with Crippen molar-refractivity contribution in [1.82, 2.24) is 4.98 Å². The number of nitrogens with two attached hydrogens (primary N) is 1. The second-order valence-corrected chi connectivity index (χ2v) is 7.28. The normalized spacial score (nSPS) is 25.8. The van der Waals surface area contributed by atoms with Crippen LogP contribution in [0, 0.1) is 0 Å². The van der Waals surface area contributed by atoms with E-state index in [9.17, 15) is 9.90 Å². The molecule has 0 bridgehead atoms. The van der Waals surface area contributed by atoms with Crippen molar-refractivity contribution >= 4 is 16.8 Å². The molecule has 2 aliphatic rings. The summed E-state index contributed by atoms with van der Waals surface area (Å²) in [4.78, 5) is 16.5. The molecule has 7 nitrogen and oxygen atoms in total. The zero-order valence-electron chi connectivity index (χ0n) is 15.5. The number of aliphatic hydroxyl groups excluding tert-OH is 1. The highest BCUT2D eigenvalue weighted by atomic mass is 16.6. The van der Waals surface area contributed by atoms with Crippen LogP contribution in [0.15, 0.2) is 54.6 Å². The molecule has 2 aliphatic heterocycles. The number of carbonyl (C=O) groups is 1. The van der Waals surface area contributed by atoms with Crippen LogP contribution in [0.25, 0.3) is 22.2 Å². The monoisotopic (exact) mass is 392 g/mol. The number of benzene rings is 2. The lowest BCUT2D eigenvalue weighted by Crippen LogP contribution is -2.34. The molecule has 1 aromatic heterocycles. The third kappa shape index (κ3) is 3.23. The Morgan fingerprint density at radius 2 is 1.83 bits per heavy atom. The van der Waals surface area contributed by atoms with Crippen molar-refractivity contribution in [3.05, 3.63) is 60.2 Å². The number of aliphatic hydroxyl groups is 1. The van der Waals surface area contributed by atoms with Gasteiger partial charge in [-0.1, -0.05) is 18.2 Å². The van der Waals surface area contributed by atoms with Crippen LogP contribution in [-0.2, 0) is 9.47 Å². The molecular weight excluding hydrogens is 372 g/mol. The lowest BCUT2D eigenvalue weighted by Gasteiger charge is -2.18. The van der Waals surface area contributed by atoms with Gasteiger partial charge in [0.15, 0.2) is 6.10 Å². The first-order valence-electron chi connectivity index (χ1n) is 9.48. The Labute approximate surface area is 167 Å². The summed E-state index contributed by atoms with van der Waals surface area (Å²) < 4.78 is 17.2. The molecule has 0 radical (unpaired) electrons. The molecule has 2 saturated heterocycles. The number of amides is 1. The number of hydrogen-bond donors (Lipinski definition) is 2. The Morgan fingerprint density at radius 1 is 1.07 bits per heavy atom. The van der Waals surface area contributed by atoms with Crippen LogP contribution in [0.1, 0.15) is 10.4 Å². The van der Waals surface area contributed by atoms with E-state index in [0.717, 1.165) is 10.9 Å². The van der Waals surface area contributed by atoms with Crippen molar-refractivity contribution in [2.45, 2.75) is 24.4 Å². The standard InChI is InChI=1S/C22H20N2O5/c23-22(26)15-9-17(24-16-4-2-1-3-14(15)16)12-5-7-13(8-6-12)29-19-11-28-20-18(25)10-27-21(19)20/h1-9,18-21,25H,10-11H2,(H2,23,26)/t18-,19+,20-,21-/m1/s1. The molecule has 0 aliphatic carbocycles. The van der Waals surface area contributed by atoms with E-state index in [4.69, 9.17) is 19.9 Å². The minimum Gasteiger partial charge on any atom is -0.485 e. The predicted molar refractivity (Wildman–Crippen MR) is 106 cm³/mol. The van der Waals surface area contributed by atoms with E-state index < -0.39 is 12.0 Å². The van der Waals surface area contributed by atoms with Crippen LogP contribution in [0.5, 0.6) is 5.75 Å². The van der Waals surface area contributed by atoms with Gasteiger partial charge in [-0.2, -0.15) is 0 Å². The van der Waals surface area contributed by atoms with E-state index in [1.54, 1.807) is 6.07 Å². The molecule has 0 spiro atoms. The molecule has 2 fully saturated rings. The van der Waals surface area contributed by atoms with E-state index in [0.29, 0.717) is 29.1 Å². The Hall–Kier alpha value is -3.00. The van der Waals surface area contributed by atoms with E-state index in [1.165, 1.54) is 0 Å². The summed E-state index contributed by atoms with van der Waals surface area (Å²) in [6, 6.07) is 16.6. The number of fused-ring (bicyclic) bond motifs is 2. The molecule has 148 valence electrons. The van der Waals surface area contributed by atoms with Gasteiger partial charge in [0.25, 0.3) is 0 Å². The van der Waals surface area contributed by atoms with Crippen molar-refractivity contribution in [1.29, 1.82) is 0 Å². The lowest BCUT2D eigenvalue weighted by atomic mass is 10.0. The van der Waals surface area contributed by atoms with Gasteiger partial charge in [-0.15, -0.1) is 0 Å². The quantitative estimate of drug-likeness (QED) is 0.703. The molecule has 0 unspecified atom stereocenters. The molecule has 1 amide bonds. The Bertz CT molecular complexity index is 1070. The van der Waals surface area contributed by atoms with Crippen LogP contribution < -0.4 is 10.5 Å². The largest absolute Gasteiger partial charge is 0.485 e. The molecule has 2 aromatic carbocycles. The number of hydrogen-bond acceptors (Lipinski definition) is 6. The second kappa shape index (κ2) is 7.11. The zero-order valence-corrected chi connectivity index (χ0v) is 15.5. The van der Waals surface area contributed by atoms with Crippen LogP contribution in [0.2, 0.25) is 0 Å². The Morgan fingerprint density at radius 3 is 2.62 bits per heavy atom. The van der Waals surface area contributed by atoms with E-state index in [-0.39, 0.29) is 24.9 Å². The first-order valence-corrected chi connectivity index (χ1v) is 9.48. The van der Waals surface area contributed by atoms with Gasteiger partial charge in [0.05, 0.1) is 30.0 Å². The highest BCUT2D eigenvalue weighted by molar-refractivity contribution is 6.06. The third-order valence-corrected chi connectivity index (χ3v) is 5.40. The van der Waals surface area contributed by atoms with Crippen LogP contribution in [0.3, 0.4) is 0 Å². The maximum absolute atomic E-state index is 11.9. The van der Waals surface area contributed by atoms with Crippen molar-refractivity contribution in [3.63, 3.8) is 0 Å². The summed E-state index contributed by atoms with van der Waals surface area (Å²) >= 11 is 0. The highest BCUT2D eigenvalue weighted by Crippen LogP contribution is 2.31. The fourth-order valence-corrected chi connectivity index (χ4v) is 3.95. The molecule has 3 N–H and O–H groups in total. The van der Waals surface area contributed by atoms with E-state index in [2.05, 4.69) is 4.98 Å². The summed E-state index contributed by atoms with van der Waals surface area (Å²) in [5.74, 6) is 0.184. The van der Waals surface area contributed by atoms with Gasteiger partial charge >= 0.3 is 0 Å². The van der Waals surface area contributed by atoms with Crippen LogP contribution >= 0.6 is 0 Å². The molecular formula is C22H20N2O5. The van der Waals surface area contributed by atoms with Crippen LogP contribution in [0.4, 0.5) is 0 Å². The van der Waals surface area contributed by atoms with Crippen molar-refractivity contribution in [2.75, 3.05) is 13.2 Å². The van der Waals surface area contributed by atoms with Gasteiger partial charge in [0.1, 0.15) is 24.1 Å². The summed E-state index contributed by atoms with van der Waals surface area (Å²) in [7, 11) is 0. The average molecular weight is 392 g/mol. The fourth-order valence-electron chi connectivity index (χ4n) is 3.95. The smallest absolute Gasteiger partial charge is 0.249 e. The van der Waals surface area contributed by atoms with E-state index in [1.807, 2.05) is 48.5 Å². The highest BCUT2D eigenvalue weighted by Gasteiger charge is 2.48. The molecule has 3 aromatic rings. The second-order valence-electron chi connectivity index (χ2n) is 7.28. The maximum atomic E-state index is 11.9. The number of aromatic nitrogens is 1. The number of rotatable bonds is 4. The topological polar surface area (TPSA) is 104 Å². The summed E-state index contributed by atoms with van der Waals surface area (Å²) in [6.45, 7) is 0.645. The maximum Gasteiger partial charge on any atom is 0.249 e. The van der Waals surface area contributed by atoms with Crippen LogP contribution in [-0.4, -0.2) is 53.6 Å². The van der Waals surface area contributed by atoms with Crippen molar-refractivity contribution in [3.8, 4) is 17.0 Å². The third-order valence-electron chi connectivity index (χ3n) is 5.40. The minimum absolute atomic E-state index is 0.259. The zero-order chi connectivity index (χ0) is 20.0. The molecule has 7 heteroatoms. The summed E-state index contributed by atoms with van der Waals surface area (Å²) in [5.41, 5.74) is 8.23. The first-order chi connectivity index (χ1) is 14.1.